The van der Waals surface area contributed by atoms with E-state index in [1.807, 2.05) is 26.8 Å². The van der Waals surface area contributed by atoms with E-state index in [2.05, 4.69) is 20.5 Å². The minimum atomic E-state index is -0.286. The molecule has 0 atom stereocenters. The van der Waals surface area contributed by atoms with Gasteiger partial charge < -0.3 is 5.32 Å². The first-order valence-electron chi connectivity index (χ1n) is 9.22. The highest BCUT2D eigenvalue weighted by Crippen LogP contribution is 2.24. The molecule has 0 aliphatic carbocycles. The second-order valence-electron chi connectivity index (χ2n) is 7.10. The molecule has 3 aromatic heterocycles. The highest BCUT2D eigenvalue weighted by Gasteiger charge is 2.19. The molecule has 0 saturated carbocycles. The summed E-state index contributed by atoms with van der Waals surface area (Å²) >= 11 is 0. The van der Waals surface area contributed by atoms with Crippen LogP contribution in [0.1, 0.15) is 33.0 Å². The Hall–Kier alpha value is -3.55. The van der Waals surface area contributed by atoms with Gasteiger partial charge in [-0.3, -0.25) is 14.2 Å². The van der Waals surface area contributed by atoms with E-state index in [4.69, 9.17) is 0 Å². The fourth-order valence-electron chi connectivity index (χ4n) is 3.45. The van der Waals surface area contributed by atoms with Crippen molar-refractivity contribution in [2.24, 2.45) is 7.05 Å². The average Bonchev–Trinajstić information content (AvgIpc) is 3.16. The monoisotopic (exact) mass is 392 g/mol. The van der Waals surface area contributed by atoms with Crippen molar-refractivity contribution in [2.75, 3.05) is 5.32 Å². The van der Waals surface area contributed by atoms with Gasteiger partial charge in [-0.25, -0.2) is 9.37 Å². The molecule has 4 rings (SSSR count). The van der Waals surface area contributed by atoms with Gasteiger partial charge in [0.25, 0.3) is 5.91 Å². The number of aryl methyl sites for hydroxylation is 3. The molecule has 1 aromatic carbocycles. The number of nitrogens with one attached hydrogen (secondary N) is 1. The summed E-state index contributed by atoms with van der Waals surface area (Å²) in [5, 5.41) is 12.4. The first kappa shape index (κ1) is 18.8. The smallest absolute Gasteiger partial charge is 0.256 e. The number of nitrogens with zero attached hydrogens (tertiary/aromatic N) is 5. The van der Waals surface area contributed by atoms with Crippen LogP contribution >= 0.6 is 0 Å². The number of amides is 1. The standard InChI is InChI=1S/C21H21FN6O/c1-12-8-17(18-10-23-27(4)20(18)24-12)21(29)25-19-13(2)26-28(14(19)3)11-15-6-5-7-16(22)9-15/h5-10H,11H2,1-4H3,(H,25,29). The Balaban J connectivity index is 1.65. The third kappa shape index (κ3) is 3.49. The van der Waals surface area contributed by atoms with Gasteiger partial charge in [-0.2, -0.15) is 10.2 Å². The normalized spacial score (nSPS) is 11.2. The molecule has 1 amide bonds. The van der Waals surface area contributed by atoms with Gasteiger partial charge in [0, 0.05) is 12.7 Å². The Morgan fingerprint density at radius 2 is 2.00 bits per heavy atom. The van der Waals surface area contributed by atoms with Crippen LogP contribution in [0.5, 0.6) is 0 Å². The molecule has 0 aliphatic rings. The SMILES string of the molecule is Cc1cc(C(=O)Nc2c(C)nn(Cc3cccc(F)c3)c2C)c2cnn(C)c2n1. The topological polar surface area (TPSA) is 77.6 Å². The van der Waals surface area contributed by atoms with Crippen molar-refractivity contribution in [1.82, 2.24) is 24.5 Å². The molecule has 0 aliphatic heterocycles. The summed E-state index contributed by atoms with van der Waals surface area (Å²) in [5.41, 5.74) is 4.85. The van der Waals surface area contributed by atoms with Crippen LogP contribution in [0.3, 0.4) is 0 Å². The molecule has 4 aromatic rings. The van der Waals surface area contributed by atoms with E-state index in [1.165, 1.54) is 12.1 Å². The lowest BCUT2D eigenvalue weighted by Gasteiger charge is -2.09. The lowest BCUT2D eigenvalue weighted by Crippen LogP contribution is -2.14. The largest absolute Gasteiger partial charge is 0.319 e. The molecule has 0 fully saturated rings. The van der Waals surface area contributed by atoms with Gasteiger partial charge in [0.1, 0.15) is 5.82 Å². The Bertz CT molecular complexity index is 1240. The molecule has 0 radical (unpaired) electrons. The third-order valence-electron chi connectivity index (χ3n) is 4.92. The van der Waals surface area contributed by atoms with E-state index >= 15 is 0 Å². The van der Waals surface area contributed by atoms with Crippen LogP contribution in [0.2, 0.25) is 0 Å². The van der Waals surface area contributed by atoms with E-state index in [9.17, 15) is 9.18 Å². The Morgan fingerprint density at radius 1 is 1.21 bits per heavy atom. The van der Waals surface area contributed by atoms with Gasteiger partial charge in [-0.05, 0) is 44.5 Å². The number of pyridine rings is 1. The maximum atomic E-state index is 13.5. The number of halogens is 1. The average molecular weight is 392 g/mol. The van der Waals surface area contributed by atoms with E-state index < -0.39 is 0 Å². The van der Waals surface area contributed by atoms with Crippen LogP contribution in [0, 0.1) is 26.6 Å². The highest BCUT2D eigenvalue weighted by molar-refractivity contribution is 6.12. The lowest BCUT2D eigenvalue weighted by atomic mass is 10.1. The molecule has 0 unspecified atom stereocenters. The summed E-state index contributed by atoms with van der Waals surface area (Å²) in [5.74, 6) is -0.531. The van der Waals surface area contributed by atoms with Gasteiger partial charge in [0.2, 0.25) is 0 Å². The van der Waals surface area contributed by atoms with Crippen molar-refractivity contribution >= 4 is 22.6 Å². The predicted molar refractivity (Wildman–Crippen MR) is 108 cm³/mol. The minimum absolute atomic E-state index is 0.245. The van der Waals surface area contributed by atoms with Gasteiger partial charge in [0.15, 0.2) is 5.65 Å². The number of hydrogen-bond donors (Lipinski definition) is 1. The molecule has 0 saturated heterocycles. The predicted octanol–water partition coefficient (Wildman–Crippen LogP) is 3.53. The van der Waals surface area contributed by atoms with Crippen LogP contribution in [-0.4, -0.2) is 30.5 Å². The second kappa shape index (κ2) is 7.12. The van der Waals surface area contributed by atoms with Gasteiger partial charge >= 0.3 is 0 Å². The summed E-state index contributed by atoms with van der Waals surface area (Å²) in [4.78, 5) is 17.5. The van der Waals surface area contributed by atoms with Crippen LogP contribution in [-0.2, 0) is 13.6 Å². The second-order valence-corrected chi connectivity index (χ2v) is 7.10. The molecule has 148 valence electrons. The van der Waals surface area contributed by atoms with Crippen LogP contribution in [0.15, 0.2) is 36.5 Å². The van der Waals surface area contributed by atoms with Crippen molar-refractivity contribution in [3.63, 3.8) is 0 Å². The number of aromatic nitrogens is 5. The molecule has 0 spiro atoms. The van der Waals surface area contributed by atoms with Crippen molar-refractivity contribution in [2.45, 2.75) is 27.3 Å². The zero-order chi connectivity index (χ0) is 20.7. The number of benzene rings is 1. The zero-order valence-corrected chi connectivity index (χ0v) is 16.7. The quantitative estimate of drug-likeness (QED) is 0.576. The maximum absolute atomic E-state index is 13.5. The van der Waals surface area contributed by atoms with Crippen molar-refractivity contribution in [1.29, 1.82) is 0 Å². The Morgan fingerprint density at radius 3 is 2.76 bits per heavy atom. The van der Waals surface area contributed by atoms with Crippen molar-refractivity contribution in [3.8, 4) is 0 Å². The fourth-order valence-corrected chi connectivity index (χ4v) is 3.45. The molecule has 0 bridgehead atoms. The number of anilines is 1. The molecule has 8 heteroatoms. The molecule has 29 heavy (non-hydrogen) atoms. The van der Waals surface area contributed by atoms with E-state index in [-0.39, 0.29) is 11.7 Å². The zero-order valence-electron chi connectivity index (χ0n) is 16.7. The molecule has 3 heterocycles. The minimum Gasteiger partial charge on any atom is -0.319 e. The number of carbonyl (C=O) groups excluding carboxylic acids is 1. The first-order valence-corrected chi connectivity index (χ1v) is 9.22. The Kier molecular flexibility index (Phi) is 4.62. The summed E-state index contributed by atoms with van der Waals surface area (Å²) in [7, 11) is 1.79. The number of fused-ring (bicyclic) bond motifs is 1. The molecule has 1 N–H and O–H groups in total. The van der Waals surface area contributed by atoms with E-state index in [0.29, 0.717) is 34.5 Å². The molecule has 7 nitrogen and oxygen atoms in total. The number of rotatable bonds is 4. The van der Waals surface area contributed by atoms with Gasteiger partial charge in [0.05, 0.1) is 40.8 Å². The van der Waals surface area contributed by atoms with Crippen molar-refractivity contribution in [3.05, 3.63) is 70.6 Å². The van der Waals surface area contributed by atoms with Crippen LogP contribution < -0.4 is 5.32 Å². The lowest BCUT2D eigenvalue weighted by molar-refractivity contribution is 0.102. The van der Waals surface area contributed by atoms with Crippen LogP contribution in [0.4, 0.5) is 10.1 Å². The third-order valence-corrected chi connectivity index (χ3v) is 4.92. The summed E-state index contributed by atoms with van der Waals surface area (Å²) < 4.78 is 16.9. The maximum Gasteiger partial charge on any atom is 0.256 e. The molecular weight excluding hydrogens is 371 g/mol. The first-order chi connectivity index (χ1) is 13.8. The molecular formula is C21H21FN6O. The van der Waals surface area contributed by atoms with Crippen molar-refractivity contribution < 1.29 is 9.18 Å². The summed E-state index contributed by atoms with van der Waals surface area (Å²) in [6.07, 6.45) is 1.64. The summed E-state index contributed by atoms with van der Waals surface area (Å²) in [6, 6.07) is 8.15. The van der Waals surface area contributed by atoms with Gasteiger partial charge in [-0.1, -0.05) is 12.1 Å². The highest BCUT2D eigenvalue weighted by atomic mass is 19.1. The summed E-state index contributed by atoms with van der Waals surface area (Å²) in [6.45, 7) is 5.98. The van der Waals surface area contributed by atoms with Gasteiger partial charge in [-0.15, -0.1) is 0 Å². The van der Waals surface area contributed by atoms with E-state index in [0.717, 1.165) is 17.0 Å². The number of hydrogen-bond acceptors (Lipinski definition) is 4. The fraction of sp³-hybridized carbons (Fsp3) is 0.238. The number of carbonyl (C=O) groups is 1. The van der Waals surface area contributed by atoms with Crippen LogP contribution in [0.25, 0.3) is 11.0 Å². The van der Waals surface area contributed by atoms with E-state index in [1.54, 1.807) is 34.7 Å². The Labute approximate surface area is 167 Å².